The molecule has 0 radical (unpaired) electrons. The summed E-state index contributed by atoms with van der Waals surface area (Å²) in [5.41, 5.74) is 30.6. The topological polar surface area (TPSA) is 32.8 Å². The van der Waals surface area contributed by atoms with Gasteiger partial charge in [-0.25, -0.2) is 0 Å². The molecule has 2 heterocycles. The van der Waals surface area contributed by atoms with Gasteiger partial charge >= 0.3 is 0 Å². The zero-order chi connectivity index (χ0) is 58.6. The second-order valence-corrected chi connectivity index (χ2v) is 24.2. The monoisotopic (exact) mass is 1130 g/mol. The zero-order valence-corrected chi connectivity index (χ0v) is 48.9. The van der Waals surface area contributed by atoms with E-state index in [1.807, 2.05) is 0 Å². The van der Waals surface area contributed by atoms with E-state index in [1.165, 1.54) is 77.5 Å². The Bertz CT molecular complexity index is 5420. The number of fused-ring (bicyclic) bond motifs is 20. The average Bonchev–Trinajstić information content (AvgIpc) is 1.50. The van der Waals surface area contributed by atoms with Gasteiger partial charge in [-0.15, -0.1) is 0 Å². The van der Waals surface area contributed by atoms with Crippen molar-refractivity contribution < 1.29 is 8.83 Å². The molecular weight excluding hydrogens is 1080 g/mol. The molecule has 0 bridgehead atoms. The Morgan fingerprint density at radius 1 is 0.258 bits per heavy atom. The van der Waals surface area contributed by atoms with E-state index in [9.17, 15) is 0 Å². The highest BCUT2D eigenvalue weighted by atomic mass is 16.3. The summed E-state index contributed by atoms with van der Waals surface area (Å²) >= 11 is 0. The fourth-order valence-electron chi connectivity index (χ4n) is 15.9. The third kappa shape index (κ3) is 6.88. The molecule has 416 valence electrons. The van der Waals surface area contributed by atoms with Gasteiger partial charge in [0.1, 0.15) is 11.2 Å². The molecule has 89 heavy (non-hydrogen) atoms. The molecule has 0 atom stereocenters. The molecule has 0 saturated carbocycles. The Labute approximate surface area is 515 Å². The van der Waals surface area contributed by atoms with Crippen LogP contribution in [0.3, 0.4) is 0 Å². The fourth-order valence-corrected chi connectivity index (χ4v) is 15.9. The van der Waals surface area contributed by atoms with Crippen LogP contribution >= 0.6 is 0 Å². The zero-order valence-electron chi connectivity index (χ0n) is 48.9. The first-order valence-electron chi connectivity index (χ1n) is 30.8. The summed E-state index contributed by atoms with van der Waals surface area (Å²) in [4.78, 5) is 4.90. The number of anilines is 6. The van der Waals surface area contributed by atoms with Crippen LogP contribution in [0, 0.1) is 13.8 Å². The Hall–Kier alpha value is -11.5. The summed E-state index contributed by atoms with van der Waals surface area (Å²) in [7, 11) is 0. The van der Waals surface area contributed by atoms with Crippen molar-refractivity contribution in [2.24, 2.45) is 0 Å². The van der Waals surface area contributed by atoms with Crippen LogP contribution in [-0.4, -0.2) is 0 Å². The number of benzene rings is 14. The minimum atomic E-state index is -0.790. The first-order valence-corrected chi connectivity index (χ1v) is 30.8. The molecule has 3 aliphatic rings. The molecular formula is C85H54N2O2. The van der Waals surface area contributed by atoms with Gasteiger partial charge in [0.05, 0.1) is 16.8 Å². The first-order chi connectivity index (χ1) is 44.0. The second kappa shape index (κ2) is 18.8. The van der Waals surface area contributed by atoms with E-state index in [0.717, 1.165) is 111 Å². The summed E-state index contributed by atoms with van der Waals surface area (Å²) in [5, 5.41) is 6.92. The van der Waals surface area contributed by atoms with Crippen LogP contribution in [-0.2, 0) is 5.41 Å². The maximum atomic E-state index is 7.30. The normalized spacial score (nSPS) is 12.9. The predicted molar refractivity (Wildman–Crippen MR) is 369 cm³/mol. The molecule has 2 aromatic heterocycles. The van der Waals surface area contributed by atoms with Crippen molar-refractivity contribution in [1.82, 2.24) is 0 Å². The SMILES string of the molecule is Cc1ccccc1N(c1ccc2c(c1)C1(c3cc(N(c4ccccc4C)c4cccc5c4oc4c(-c6ccccc6)cccc45)ccc3-2)c2ccccc2-c2c1cc1c3c(cccc23)-c2ccccc2-1)c1cccc2c1oc1c(-c3ccccc3)cccc12. The highest BCUT2D eigenvalue weighted by Crippen LogP contribution is 2.67. The van der Waals surface area contributed by atoms with Gasteiger partial charge in [-0.05, 0) is 168 Å². The molecule has 1 spiro atoms. The van der Waals surface area contributed by atoms with E-state index < -0.39 is 5.41 Å². The highest BCUT2D eigenvalue weighted by Gasteiger charge is 2.53. The minimum absolute atomic E-state index is 0.790. The number of hydrogen-bond acceptors (Lipinski definition) is 4. The van der Waals surface area contributed by atoms with Crippen LogP contribution in [0.5, 0.6) is 0 Å². The standard InChI is InChI=1S/C85H54N2O2/c1-51-22-9-15-40-75(51)86(77-42-20-36-66-64-34-17-31-57(81(64)88-83(66)77)53-24-5-3-6-25-53)55-44-46-61-62-47-45-56(87(76-41-16-10-23-52(76)2)78-43-21-37-67-65-35-18-32-58(82(65)89-84(67)78)54-26-7-4-8-27-54)49-73(62)85(72(61)48-55)71-39-14-13-30-68(71)80-69-38-19-33-63-59-28-11-12-29-60(59)70(79(63)69)50-74(80)85/h3-50H,1-2H3. The number of aryl methyl sites for hydroxylation is 2. The molecule has 16 aromatic rings. The molecule has 19 rings (SSSR count). The van der Waals surface area contributed by atoms with Crippen molar-refractivity contribution in [3.63, 3.8) is 0 Å². The molecule has 0 unspecified atom stereocenters. The molecule has 0 amide bonds. The van der Waals surface area contributed by atoms with E-state index in [-0.39, 0.29) is 0 Å². The van der Waals surface area contributed by atoms with E-state index in [0.29, 0.717) is 0 Å². The van der Waals surface area contributed by atoms with Crippen LogP contribution in [0.4, 0.5) is 34.1 Å². The molecule has 3 aliphatic carbocycles. The van der Waals surface area contributed by atoms with Crippen molar-refractivity contribution in [1.29, 1.82) is 0 Å². The number of rotatable bonds is 8. The quantitative estimate of drug-likeness (QED) is 0.152. The molecule has 4 nitrogen and oxygen atoms in total. The third-order valence-corrected chi connectivity index (χ3v) is 19.7. The third-order valence-electron chi connectivity index (χ3n) is 19.7. The summed E-state index contributed by atoms with van der Waals surface area (Å²) in [6.07, 6.45) is 0. The lowest BCUT2D eigenvalue weighted by Crippen LogP contribution is -2.27. The molecule has 0 saturated heterocycles. The molecule has 0 N–H and O–H groups in total. The minimum Gasteiger partial charge on any atom is -0.453 e. The van der Waals surface area contributed by atoms with Gasteiger partial charge < -0.3 is 18.6 Å². The lowest BCUT2D eigenvalue weighted by Gasteiger charge is -2.34. The van der Waals surface area contributed by atoms with Crippen LogP contribution in [0.15, 0.2) is 300 Å². The average molecular weight is 1140 g/mol. The number of nitrogens with zero attached hydrogens (tertiary/aromatic N) is 2. The number of para-hydroxylation sites is 6. The Morgan fingerprint density at radius 2 is 0.663 bits per heavy atom. The van der Waals surface area contributed by atoms with Crippen molar-refractivity contribution >= 4 is 88.8 Å². The van der Waals surface area contributed by atoms with Crippen molar-refractivity contribution in [3.05, 3.63) is 325 Å². The predicted octanol–water partition coefficient (Wildman–Crippen LogP) is 23.5. The van der Waals surface area contributed by atoms with Gasteiger partial charge in [0.15, 0.2) is 11.2 Å². The smallest absolute Gasteiger partial charge is 0.159 e. The molecule has 4 heteroatoms. The van der Waals surface area contributed by atoms with Gasteiger partial charge in [-0.3, -0.25) is 0 Å². The second-order valence-electron chi connectivity index (χ2n) is 24.2. The van der Waals surface area contributed by atoms with E-state index in [2.05, 4.69) is 315 Å². The van der Waals surface area contributed by atoms with Gasteiger partial charge in [0.2, 0.25) is 0 Å². The van der Waals surface area contributed by atoms with E-state index in [1.54, 1.807) is 0 Å². The first kappa shape index (κ1) is 49.8. The lowest BCUT2D eigenvalue weighted by atomic mass is 9.70. The van der Waals surface area contributed by atoms with E-state index >= 15 is 0 Å². The molecule has 0 aliphatic heterocycles. The maximum Gasteiger partial charge on any atom is 0.159 e. The van der Waals surface area contributed by atoms with Gasteiger partial charge in [-0.2, -0.15) is 0 Å². The maximum absolute atomic E-state index is 7.30. The number of furan rings is 2. The summed E-state index contributed by atoms with van der Waals surface area (Å²) < 4.78 is 14.6. The van der Waals surface area contributed by atoms with Gasteiger partial charge in [0, 0.05) is 55.4 Å². The van der Waals surface area contributed by atoms with Crippen LogP contribution in [0.25, 0.3) is 121 Å². The summed E-state index contributed by atoms with van der Waals surface area (Å²) in [6, 6.07) is 107. The Morgan fingerprint density at radius 3 is 1.19 bits per heavy atom. The summed E-state index contributed by atoms with van der Waals surface area (Å²) in [5.74, 6) is 0. The van der Waals surface area contributed by atoms with E-state index in [4.69, 9.17) is 8.83 Å². The Kier molecular flexibility index (Phi) is 10.5. The van der Waals surface area contributed by atoms with Crippen LogP contribution in [0.2, 0.25) is 0 Å². The lowest BCUT2D eigenvalue weighted by molar-refractivity contribution is 0.670. The largest absolute Gasteiger partial charge is 0.453 e. The summed E-state index contributed by atoms with van der Waals surface area (Å²) in [6.45, 7) is 4.44. The van der Waals surface area contributed by atoms with Crippen LogP contribution in [0.1, 0.15) is 33.4 Å². The molecule has 0 fully saturated rings. The fraction of sp³-hybridized carbons (Fsp3) is 0.0353. The van der Waals surface area contributed by atoms with Crippen molar-refractivity contribution in [2.75, 3.05) is 9.80 Å². The van der Waals surface area contributed by atoms with Crippen molar-refractivity contribution in [2.45, 2.75) is 19.3 Å². The highest BCUT2D eigenvalue weighted by molar-refractivity contribution is 6.22. The van der Waals surface area contributed by atoms with Crippen LogP contribution < -0.4 is 9.80 Å². The number of hydrogen-bond donors (Lipinski definition) is 0. The Balaban J connectivity index is 0.897. The van der Waals surface area contributed by atoms with Gasteiger partial charge in [0.25, 0.3) is 0 Å². The van der Waals surface area contributed by atoms with Gasteiger partial charge in [-0.1, -0.05) is 237 Å². The van der Waals surface area contributed by atoms with Crippen molar-refractivity contribution in [3.8, 4) is 66.8 Å². The molecule has 14 aromatic carbocycles.